The topological polar surface area (TPSA) is 69.7 Å². The van der Waals surface area contributed by atoms with Gasteiger partial charge >= 0.3 is 16.3 Å². The molecule has 18 heavy (non-hydrogen) atoms. The predicted octanol–water partition coefficient (Wildman–Crippen LogP) is 2.31. The zero-order chi connectivity index (χ0) is 13.2. The van der Waals surface area contributed by atoms with Crippen LogP contribution in [0, 0.1) is 0 Å². The largest absolute Gasteiger partial charge is 0.524 e. The SMILES string of the molecule is COC(=O)OS(=O)(=O)c1cccc2ccccc12. The fourth-order valence-corrected chi connectivity index (χ4v) is 2.62. The summed E-state index contributed by atoms with van der Waals surface area (Å²) in [4.78, 5) is 10.8. The number of methoxy groups -OCH3 is 1. The van der Waals surface area contributed by atoms with E-state index >= 15 is 0 Å². The van der Waals surface area contributed by atoms with E-state index in [1.807, 2.05) is 0 Å². The Labute approximate surface area is 104 Å². The van der Waals surface area contributed by atoms with E-state index in [1.54, 1.807) is 36.4 Å². The summed E-state index contributed by atoms with van der Waals surface area (Å²) in [6, 6.07) is 11.6. The molecule has 0 bridgehead atoms. The molecule has 5 nitrogen and oxygen atoms in total. The monoisotopic (exact) mass is 266 g/mol. The molecular weight excluding hydrogens is 256 g/mol. The van der Waals surface area contributed by atoms with Crippen molar-refractivity contribution in [1.29, 1.82) is 0 Å². The molecule has 0 N–H and O–H groups in total. The maximum Gasteiger partial charge on any atom is 0.524 e. The molecule has 0 saturated heterocycles. The molecule has 0 unspecified atom stereocenters. The van der Waals surface area contributed by atoms with Crippen molar-refractivity contribution in [3.8, 4) is 0 Å². The van der Waals surface area contributed by atoms with Crippen molar-refractivity contribution < 1.29 is 22.1 Å². The second-order valence-electron chi connectivity index (χ2n) is 3.47. The Bertz CT molecular complexity index is 685. The van der Waals surface area contributed by atoms with Crippen LogP contribution in [0.25, 0.3) is 10.8 Å². The minimum absolute atomic E-state index is 0.0639. The first-order valence-electron chi connectivity index (χ1n) is 5.05. The lowest BCUT2D eigenvalue weighted by molar-refractivity contribution is 0.124. The van der Waals surface area contributed by atoms with Gasteiger partial charge in [0.1, 0.15) is 4.90 Å². The standard InChI is InChI=1S/C12H10O5S/c1-16-12(13)17-18(14,15)11-8-4-6-9-5-2-3-7-10(9)11/h2-8H,1H3. The smallest absolute Gasteiger partial charge is 0.437 e. The Balaban J connectivity index is 2.57. The Morgan fingerprint density at radius 2 is 1.72 bits per heavy atom. The maximum absolute atomic E-state index is 11.9. The molecule has 0 amide bonds. The molecular formula is C12H10O5S. The highest BCUT2D eigenvalue weighted by molar-refractivity contribution is 7.87. The van der Waals surface area contributed by atoms with Crippen LogP contribution in [0.1, 0.15) is 0 Å². The van der Waals surface area contributed by atoms with Crippen molar-refractivity contribution in [2.75, 3.05) is 7.11 Å². The average molecular weight is 266 g/mol. The minimum Gasteiger partial charge on any atom is -0.437 e. The highest BCUT2D eigenvalue weighted by Gasteiger charge is 2.22. The molecule has 6 heteroatoms. The highest BCUT2D eigenvalue weighted by Crippen LogP contribution is 2.24. The summed E-state index contributed by atoms with van der Waals surface area (Å²) in [5.74, 6) is 0. The zero-order valence-corrected chi connectivity index (χ0v) is 10.3. The Morgan fingerprint density at radius 1 is 1.06 bits per heavy atom. The fraction of sp³-hybridized carbons (Fsp3) is 0.0833. The van der Waals surface area contributed by atoms with E-state index in [-0.39, 0.29) is 4.90 Å². The van der Waals surface area contributed by atoms with Gasteiger partial charge in [0.2, 0.25) is 0 Å². The summed E-state index contributed by atoms with van der Waals surface area (Å²) in [6.45, 7) is 0. The summed E-state index contributed by atoms with van der Waals surface area (Å²) in [5, 5.41) is 1.23. The molecule has 0 saturated carbocycles. The summed E-state index contributed by atoms with van der Waals surface area (Å²) < 4.78 is 32.3. The number of fused-ring (bicyclic) bond motifs is 1. The third kappa shape index (κ3) is 2.28. The number of hydrogen-bond acceptors (Lipinski definition) is 5. The summed E-state index contributed by atoms with van der Waals surface area (Å²) in [7, 11) is -3.13. The van der Waals surface area contributed by atoms with E-state index in [0.717, 1.165) is 12.5 Å². The number of benzene rings is 2. The number of hydrogen-bond donors (Lipinski definition) is 0. The van der Waals surface area contributed by atoms with E-state index in [1.165, 1.54) is 6.07 Å². The van der Waals surface area contributed by atoms with Crippen molar-refractivity contribution >= 4 is 27.0 Å². The van der Waals surface area contributed by atoms with Gasteiger partial charge in [0, 0.05) is 5.39 Å². The normalized spacial score (nSPS) is 11.2. The van der Waals surface area contributed by atoms with Gasteiger partial charge in [0.25, 0.3) is 0 Å². The Hall–Kier alpha value is -2.08. The van der Waals surface area contributed by atoms with E-state index in [4.69, 9.17) is 0 Å². The Morgan fingerprint density at radius 3 is 2.44 bits per heavy atom. The van der Waals surface area contributed by atoms with E-state index < -0.39 is 16.3 Å². The van der Waals surface area contributed by atoms with Gasteiger partial charge in [-0.15, -0.1) is 0 Å². The molecule has 0 aromatic heterocycles. The molecule has 0 radical (unpaired) electrons. The third-order valence-corrected chi connectivity index (χ3v) is 3.61. The van der Waals surface area contributed by atoms with E-state index in [0.29, 0.717) is 5.39 Å². The second kappa shape index (κ2) is 4.66. The molecule has 94 valence electrons. The maximum atomic E-state index is 11.9. The van der Waals surface area contributed by atoms with Crippen LogP contribution in [0.4, 0.5) is 4.79 Å². The number of carbonyl (C=O) groups is 1. The van der Waals surface area contributed by atoms with Crippen molar-refractivity contribution in [3.05, 3.63) is 42.5 Å². The van der Waals surface area contributed by atoms with Crippen molar-refractivity contribution in [2.45, 2.75) is 4.90 Å². The van der Waals surface area contributed by atoms with E-state index in [9.17, 15) is 13.2 Å². The van der Waals surface area contributed by atoms with Crippen molar-refractivity contribution in [3.63, 3.8) is 0 Å². The fourth-order valence-electron chi connectivity index (χ4n) is 1.58. The lowest BCUT2D eigenvalue weighted by Gasteiger charge is -2.07. The summed E-state index contributed by atoms with van der Waals surface area (Å²) >= 11 is 0. The second-order valence-corrected chi connectivity index (χ2v) is 4.98. The van der Waals surface area contributed by atoms with Crippen LogP contribution in [-0.2, 0) is 19.0 Å². The molecule has 0 fully saturated rings. The predicted molar refractivity (Wildman–Crippen MR) is 64.6 cm³/mol. The van der Waals surface area contributed by atoms with Gasteiger partial charge in [-0.3, -0.25) is 0 Å². The average Bonchev–Trinajstić information content (AvgIpc) is 2.37. The van der Waals surface area contributed by atoms with Gasteiger partial charge in [-0.05, 0) is 11.5 Å². The molecule has 2 aromatic rings. The molecule has 0 aliphatic rings. The van der Waals surface area contributed by atoms with Gasteiger partial charge in [-0.25, -0.2) is 4.79 Å². The lowest BCUT2D eigenvalue weighted by atomic mass is 10.1. The van der Waals surface area contributed by atoms with Gasteiger partial charge < -0.3 is 8.92 Å². The third-order valence-electron chi connectivity index (χ3n) is 2.36. The quantitative estimate of drug-likeness (QED) is 0.616. The first-order chi connectivity index (χ1) is 8.54. The zero-order valence-electron chi connectivity index (χ0n) is 9.49. The van der Waals surface area contributed by atoms with Gasteiger partial charge in [0.15, 0.2) is 0 Å². The Kier molecular flexibility index (Phi) is 3.20. The highest BCUT2D eigenvalue weighted by atomic mass is 32.2. The minimum atomic E-state index is -4.17. The number of carbonyl (C=O) groups excluding carboxylic acids is 1. The first kappa shape index (κ1) is 12.4. The molecule has 0 heterocycles. The summed E-state index contributed by atoms with van der Waals surface area (Å²) in [5.41, 5.74) is 0. The van der Waals surface area contributed by atoms with Gasteiger partial charge in [0.05, 0.1) is 7.11 Å². The number of rotatable bonds is 2. The van der Waals surface area contributed by atoms with Crippen LogP contribution in [0.5, 0.6) is 0 Å². The molecule has 2 rings (SSSR count). The summed E-state index contributed by atoms with van der Waals surface area (Å²) in [6.07, 6.45) is -1.26. The van der Waals surface area contributed by atoms with Gasteiger partial charge in [-0.2, -0.15) is 8.42 Å². The molecule has 0 aliphatic heterocycles. The van der Waals surface area contributed by atoms with Crippen LogP contribution in [-0.4, -0.2) is 21.7 Å². The van der Waals surface area contributed by atoms with Crippen molar-refractivity contribution in [2.24, 2.45) is 0 Å². The first-order valence-corrected chi connectivity index (χ1v) is 6.45. The van der Waals surface area contributed by atoms with E-state index in [2.05, 4.69) is 8.92 Å². The van der Waals surface area contributed by atoms with Crippen molar-refractivity contribution in [1.82, 2.24) is 0 Å². The number of ether oxygens (including phenoxy) is 1. The molecule has 0 atom stereocenters. The van der Waals surface area contributed by atoms with Crippen LogP contribution in [0.15, 0.2) is 47.4 Å². The molecule has 2 aromatic carbocycles. The molecule has 0 spiro atoms. The van der Waals surface area contributed by atoms with Crippen LogP contribution < -0.4 is 0 Å². The van der Waals surface area contributed by atoms with Crippen LogP contribution in [0.2, 0.25) is 0 Å². The lowest BCUT2D eigenvalue weighted by Crippen LogP contribution is -2.13. The molecule has 0 aliphatic carbocycles. The van der Waals surface area contributed by atoms with Crippen LogP contribution in [0.3, 0.4) is 0 Å². The van der Waals surface area contributed by atoms with Gasteiger partial charge in [-0.1, -0.05) is 36.4 Å². The van der Waals surface area contributed by atoms with Crippen LogP contribution >= 0.6 is 0 Å².